The lowest BCUT2D eigenvalue weighted by Crippen LogP contribution is -2.53. The molecule has 0 bridgehead atoms. The van der Waals surface area contributed by atoms with Crippen molar-refractivity contribution in [3.05, 3.63) is 16.9 Å². The molecule has 2 fully saturated rings. The lowest BCUT2D eigenvalue weighted by Gasteiger charge is -2.34. The van der Waals surface area contributed by atoms with Crippen LogP contribution in [0.5, 0.6) is 0 Å². The number of likely N-dealkylation sites (tertiary alicyclic amines) is 1. The topological polar surface area (TPSA) is 59.4 Å². The van der Waals surface area contributed by atoms with Gasteiger partial charge in [0.25, 0.3) is 0 Å². The van der Waals surface area contributed by atoms with E-state index in [4.69, 9.17) is 16.3 Å². The second-order valence-electron chi connectivity index (χ2n) is 6.14. The Hall–Kier alpha value is -1.11. The summed E-state index contributed by atoms with van der Waals surface area (Å²) in [4.78, 5) is 14.7. The van der Waals surface area contributed by atoms with Crippen molar-refractivity contribution in [2.45, 2.75) is 44.8 Å². The van der Waals surface area contributed by atoms with Gasteiger partial charge in [-0.1, -0.05) is 18.0 Å². The number of aromatic nitrogens is 2. The van der Waals surface area contributed by atoms with E-state index in [1.165, 1.54) is 19.3 Å². The van der Waals surface area contributed by atoms with E-state index in [-0.39, 0.29) is 18.5 Å². The van der Waals surface area contributed by atoms with Crippen molar-refractivity contribution in [2.24, 2.45) is 0 Å². The van der Waals surface area contributed by atoms with Gasteiger partial charge in [-0.2, -0.15) is 5.10 Å². The highest BCUT2D eigenvalue weighted by Gasteiger charge is 2.34. The predicted molar refractivity (Wildman–Crippen MR) is 83.9 cm³/mol. The summed E-state index contributed by atoms with van der Waals surface area (Å²) in [7, 11) is 0. The fraction of sp³-hybridized carbons (Fsp3) is 0.733. The van der Waals surface area contributed by atoms with Crippen molar-refractivity contribution in [2.75, 3.05) is 26.3 Å². The Morgan fingerprint density at radius 3 is 2.86 bits per heavy atom. The van der Waals surface area contributed by atoms with Gasteiger partial charge in [0.15, 0.2) is 0 Å². The molecule has 0 unspecified atom stereocenters. The summed E-state index contributed by atoms with van der Waals surface area (Å²) in [6, 6.07) is 0.366. The normalized spacial score (nSPS) is 26.3. The maximum absolute atomic E-state index is 12.2. The number of carbonyl (C=O) groups is 1. The summed E-state index contributed by atoms with van der Waals surface area (Å²) >= 11 is 5.97. The van der Waals surface area contributed by atoms with E-state index in [1.54, 1.807) is 10.9 Å². The molecule has 0 aromatic carbocycles. The van der Waals surface area contributed by atoms with Crippen molar-refractivity contribution in [3.63, 3.8) is 0 Å². The van der Waals surface area contributed by atoms with Crippen molar-refractivity contribution in [1.29, 1.82) is 0 Å². The van der Waals surface area contributed by atoms with E-state index in [9.17, 15) is 4.79 Å². The number of nitrogens with zero attached hydrogens (tertiary/aromatic N) is 3. The Morgan fingerprint density at radius 1 is 1.41 bits per heavy atom. The lowest BCUT2D eigenvalue weighted by molar-refractivity contribution is -0.122. The van der Waals surface area contributed by atoms with E-state index in [0.717, 1.165) is 18.8 Å². The number of hydrogen-bond acceptors (Lipinski definition) is 4. The number of hydrogen-bond donors (Lipinski definition) is 1. The molecule has 1 aromatic heterocycles. The number of amides is 1. The van der Waals surface area contributed by atoms with Crippen LogP contribution in [0, 0.1) is 6.92 Å². The molecule has 2 aliphatic heterocycles. The molecular formula is C15H23ClN4O2. The zero-order chi connectivity index (χ0) is 15.5. The summed E-state index contributed by atoms with van der Waals surface area (Å²) in [5.41, 5.74) is 0.741. The van der Waals surface area contributed by atoms with Crippen LogP contribution in [-0.4, -0.2) is 59.0 Å². The molecule has 1 N–H and O–H groups in total. The Balaban J connectivity index is 1.55. The molecule has 0 aliphatic carbocycles. The summed E-state index contributed by atoms with van der Waals surface area (Å²) in [6.45, 7) is 5.52. The molecule has 1 aromatic rings. The van der Waals surface area contributed by atoms with Gasteiger partial charge in [0.2, 0.25) is 5.91 Å². The zero-order valence-electron chi connectivity index (χ0n) is 12.9. The van der Waals surface area contributed by atoms with E-state index < -0.39 is 0 Å². The Kier molecular flexibility index (Phi) is 5.00. The van der Waals surface area contributed by atoms with E-state index in [1.807, 2.05) is 6.92 Å². The maximum Gasteiger partial charge on any atom is 0.242 e. The maximum atomic E-state index is 12.2. The van der Waals surface area contributed by atoms with E-state index in [0.29, 0.717) is 24.3 Å². The van der Waals surface area contributed by atoms with Crippen LogP contribution in [0.1, 0.15) is 25.0 Å². The zero-order valence-corrected chi connectivity index (χ0v) is 13.7. The highest BCUT2D eigenvalue weighted by molar-refractivity contribution is 6.31. The van der Waals surface area contributed by atoms with Gasteiger partial charge in [0.05, 0.1) is 36.0 Å². The van der Waals surface area contributed by atoms with Crippen LogP contribution < -0.4 is 5.32 Å². The number of piperidine rings is 1. The van der Waals surface area contributed by atoms with Crippen LogP contribution in [-0.2, 0) is 16.1 Å². The predicted octanol–water partition coefficient (Wildman–Crippen LogP) is 1.21. The molecule has 2 aliphatic rings. The van der Waals surface area contributed by atoms with Crippen LogP contribution in [0.25, 0.3) is 0 Å². The first-order valence-corrected chi connectivity index (χ1v) is 8.32. The summed E-state index contributed by atoms with van der Waals surface area (Å²) in [5, 5.41) is 7.90. The second kappa shape index (κ2) is 6.98. The molecule has 2 atom stereocenters. The number of halogens is 1. The highest BCUT2D eigenvalue weighted by atomic mass is 35.5. The van der Waals surface area contributed by atoms with Gasteiger partial charge in [-0.05, 0) is 32.9 Å². The molecule has 3 heterocycles. The Morgan fingerprint density at radius 2 is 2.18 bits per heavy atom. The SMILES string of the molecule is Cc1nn(CC(=O)N[C@@H]2COC[C@H]2N2CCCCC2)cc1Cl. The van der Waals surface area contributed by atoms with Crippen molar-refractivity contribution in [3.8, 4) is 0 Å². The van der Waals surface area contributed by atoms with Crippen molar-refractivity contribution >= 4 is 17.5 Å². The van der Waals surface area contributed by atoms with Crippen molar-refractivity contribution in [1.82, 2.24) is 20.0 Å². The summed E-state index contributed by atoms with van der Waals surface area (Å²) < 4.78 is 7.18. The van der Waals surface area contributed by atoms with Crippen LogP contribution >= 0.6 is 11.6 Å². The first kappa shape index (κ1) is 15.8. The van der Waals surface area contributed by atoms with E-state index >= 15 is 0 Å². The monoisotopic (exact) mass is 326 g/mol. The molecule has 0 radical (unpaired) electrons. The molecule has 3 rings (SSSR count). The number of aryl methyl sites for hydroxylation is 1. The largest absolute Gasteiger partial charge is 0.378 e. The fourth-order valence-corrected chi connectivity index (χ4v) is 3.42. The average molecular weight is 327 g/mol. The lowest BCUT2D eigenvalue weighted by atomic mass is 10.0. The van der Waals surface area contributed by atoms with Gasteiger partial charge in [0, 0.05) is 6.20 Å². The Bertz CT molecular complexity index is 508. The molecule has 1 amide bonds. The second-order valence-corrected chi connectivity index (χ2v) is 6.54. The van der Waals surface area contributed by atoms with Gasteiger partial charge < -0.3 is 10.1 Å². The number of nitrogens with one attached hydrogen (secondary N) is 1. The molecule has 0 spiro atoms. The van der Waals surface area contributed by atoms with E-state index in [2.05, 4.69) is 15.3 Å². The molecular weight excluding hydrogens is 304 g/mol. The van der Waals surface area contributed by atoms with Crippen LogP contribution in [0.15, 0.2) is 6.20 Å². The molecule has 2 saturated heterocycles. The minimum atomic E-state index is -0.0447. The minimum Gasteiger partial charge on any atom is -0.378 e. The quantitative estimate of drug-likeness (QED) is 0.903. The fourth-order valence-electron chi connectivity index (χ4n) is 3.26. The van der Waals surface area contributed by atoms with Gasteiger partial charge in [-0.25, -0.2) is 0 Å². The molecule has 122 valence electrons. The molecule has 7 heteroatoms. The van der Waals surface area contributed by atoms with Crippen LogP contribution in [0.4, 0.5) is 0 Å². The van der Waals surface area contributed by atoms with Gasteiger partial charge in [-0.15, -0.1) is 0 Å². The highest BCUT2D eigenvalue weighted by Crippen LogP contribution is 2.19. The Labute approximate surface area is 135 Å². The van der Waals surface area contributed by atoms with Crippen LogP contribution in [0.3, 0.4) is 0 Å². The number of ether oxygens (including phenoxy) is 1. The average Bonchev–Trinajstić information content (AvgIpc) is 3.07. The van der Waals surface area contributed by atoms with Crippen molar-refractivity contribution < 1.29 is 9.53 Å². The molecule has 6 nitrogen and oxygen atoms in total. The molecule has 22 heavy (non-hydrogen) atoms. The first-order chi connectivity index (χ1) is 10.6. The third kappa shape index (κ3) is 3.62. The van der Waals surface area contributed by atoms with Gasteiger partial charge >= 0.3 is 0 Å². The van der Waals surface area contributed by atoms with Crippen LogP contribution in [0.2, 0.25) is 5.02 Å². The van der Waals surface area contributed by atoms with Gasteiger partial charge in [-0.3, -0.25) is 14.4 Å². The minimum absolute atomic E-state index is 0.0447. The third-order valence-electron chi connectivity index (χ3n) is 4.45. The smallest absolute Gasteiger partial charge is 0.242 e. The summed E-state index contributed by atoms with van der Waals surface area (Å²) in [6.07, 6.45) is 5.47. The standard InChI is InChI=1S/C15H23ClN4O2/c1-11-12(16)7-20(18-11)8-15(21)17-13-9-22-10-14(13)19-5-3-2-4-6-19/h7,13-14H,2-6,8-10H2,1H3,(H,17,21)/t13-,14-/m1/s1. The third-order valence-corrected chi connectivity index (χ3v) is 4.82. The molecule has 0 saturated carbocycles. The summed E-state index contributed by atoms with van der Waals surface area (Å²) in [5.74, 6) is -0.0447. The van der Waals surface area contributed by atoms with Gasteiger partial charge in [0.1, 0.15) is 6.54 Å². The number of rotatable bonds is 4. The first-order valence-electron chi connectivity index (χ1n) is 7.94. The number of carbonyl (C=O) groups excluding carboxylic acids is 1.